The topological polar surface area (TPSA) is 90.0 Å². The maximum Gasteiger partial charge on any atom is 0.317 e. The van der Waals surface area contributed by atoms with Crippen molar-refractivity contribution in [3.05, 3.63) is 0 Å². The van der Waals surface area contributed by atoms with E-state index in [1.807, 2.05) is 6.92 Å². The van der Waals surface area contributed by atoms with Gasteiger partial charge in [-0.2, -0.15) is 0 Å². The highest BCUT2D eigenvalue weighted by Crippen LogP contribution is 2.22. The zero-order valence-electron chi connectivity index (χ0n) is 12.4. The minimum absolute atomic E-state index is 0.0124. The van der Waals surface area contributed by atoms with Crippen LogP contribution in [0.15, 0.2) is 0 Å². The Kier molecular flexibility index (Phi) is 5.03. The standard InChI is InChI=1S/C14H23N3O4/c1-10-8-17(9-11(10)13(19)20)14(21)15-7-12(18)16-5-3-2-4-6-16/h10-11H,2-9H2,1H3,(H,15,21)(H,19,20). The molecule has 2 rings (SSSR count). The molecule has 0 aromatic heterocycles. The normalized spacial score (nSPS) is 25.8. The Hall–Kier alpha value is -1.79. The summed E-state index contributed by atoms with van der Waals surface area (Å²) in [6.45, 7) is 3.96. The highest BCUT2D eigenvalue weighted by Gasteiger charge is 2.37. The molecule has 0 bridgehead atoms. The third-order valence-corrected chi connectivity index (χ3v) is 4.32. The number of likely N-dealkylation sites (tertiary alicyclic amines) is 2. The molecule has 7 heteroatoms. The molecule has 0 aromatic rings. The predicted octanol–water partition coefficient (Wildman–Crippen LogP) is 0.361. The van der Waals surface area contributed by atoms with Gasteiger partial charge in [0.15, 0.2) is 0 Å². The second kappa shape index (κ2) is 6.78. The van der Waals surface area contributed by atoms with Crippen LogP contribution in [0.3, 0.4) is 0 Å². The van der Waals surface area contributed by atoms with Gasteiger partial charge >= 0.3 is 12.0 Å². The molecule has 0 radical (unpaired) electrons. The minimum atomic E-state index is -0.873. The maximum absolute atomic E-state index is 12.0. The zero-order valence-corrected chi connectivity index (χ0v) is 12.4. The van der Waals surface area contributed by atoms with Gasteiger partial charge in [-0.3, -0.25) is 9.59 Å². The fraction of sp³-hybridized carbons (Fsp3) is 0.786. The van der Waals surface area contributed by atoms with Gasteiger partial charge in [0, 0.05) is 26.2 Å². The number of nitrogens with one attached hydrogen (secondary N) is 1. The van der Waals surface area contributed by atoms with Crippen molar-refractivity contribution < 1.29 is 19.5 Å². The van der Waals surface area contributed by atoms with Crippen LogP contribution in [-0.2, 0) is 9.59 Å². The first-order valence-corrected chi connectivity index (χ1v) is 7.52. The van der Waals surface area contributed by atoms with Gasteiger partial charge in [-0.15, -0.1) is 0 Å². The molecule has 0 saturated carbocycles. The molecule has 2 saturated heterocycles. The van der Waals surface area contributed by atoms with Crippen LogP contribution in [0.4, 0.5) is 4.79 Å². The van der Waals surface area contributed by atoms with E-state index in [9.17, 15) is 14.4 Å². The van der Waals surface area contributed by atoms with Crippen molar-refractivity contribution in [1.29, 1.82) is 0 Å². The summed E-state index contributed by atoms with van der Waals surface area (Å²) in [5.41, 5.74) is 0. The Bertz CT molecular complexity index is 420. The molecule has 2 fully saturated rings. The zero-order chi connectivity index (χ0) is 15.4. The van der Waals surface area contributed by atoms with E-state index < -0.39 is 11.9 Å². The van der Waals surface area contributed by atoms with Crippen LogP contribution >= 0.6 is 0 Å². The lowest BCUT2D eigenvalue weighted by atomic mass is 9.99. The second-order valence-electron chi connectivity index (χ2n) is 5.93. The smallest absolute Gasteiger partial charge is 0.317 e. The number of nitrogens with zero attached hydrogens (tertiary/aromatic N) is 2. The summed E-state index contributed by atoms with van der Waals surface area (Å²) in [7, 11) is 0. The van der Waals surface area contributed by atoms with Gasteiger partial charge in [-0.25, -0.2) is 4.79 Å². The number of rotatable bonds is 3. The Balaban J connectivity index is 1.77. The lowest BCUT2D eigenvalue weighted by Crippen LogP contribution is -2.46. The number of amides is 3. The molecule has 3 amide bonds. The van der Waals surface area contributed by atoms with Crippen LogP contribution in [0.2, 0.25) is 0 Å². The van der Waals surface area contributed by atoms with E-state index in [1.165, 1.54) is 4.90 Å². The van der Waals surface area contributed by atoms with Gasteiger partial charge in [0.1, 0.15) is 0 Å². The largest absolute Gasteiger partial charge is 0.481 e. The number of aliphatic carboxylic acids is 1. The predicted molar refractivity (Wildman–Crippen MR) is 75.7 cm³/mol. The quantitative estimate of drug-likeness (QED) is 0.787. The molecule has 0 aromatic carbocycles. The number of hydrogen-bond acceptors (Lipinski definition) is 3. The van der Waals surface area contributed by atoms with Gasteiger partial charge in [-0.05, 0) is 25.2 Å². The van der Waals surface area contributed by atoms with Crippen LogP contribution in [0.5, 0.6) is 0 Å². The molecule has 21 heavy (non-hydrogen) atoms. The van der Waals surface area contributed by atoms with Crippen molar-refractivity contribution in [2.24, 2.45) is 11.8 Å². The molecule has 118 valence electrons. The third kappa shape index (κ3) is 3.86. The van der Waals surface area contributed by atoms with Gasteiger partial charge in [0.25, 0.3) is 0 Å². The van der Waals surface area contributed by atoms with Gasteiger partial charge in [0.05, 0.1) is 12.5 Å². The van der Waals surface area contributed by atoms with Gasteiger partial charge in [0.2, 0.25) is 5.91 Å². The lowest BCUT2D eigenvalue weighted by molar-refractivity contribution is -0.142. The van der Waals surface area contributed by atoms with E-state index in [0.29, 0.717) is 6.54 Å². The van der Waals surface area contributed by atoms with Crippen molar-refractivity contribution in [2.75, 3.05) is 32.7 Å². The van der Waals surface area contributed by atoms with Gasteiger partial charge in [-0.1, -0.05) is 6.92 Å². The van der Waals surface area contributed by atoms with Gasteiger partial charge < -0.3 is 20.2 Å². The first-order chi connectivity index (χ1) is 9.99. The molecule has 2 aliphatic heterocycles. The Morgan fingerprint density at radius 1 is 1.10 bits per heavy atom. The third-order valence-electron chi connectivity index (χ3n) is 4.32. The van der Waals surface area contributed by atoms with Crippen molar-refractivity contribution in [2.45, 2.75) is 26.2 Å². The Morgan fingerprint density at radius 3 is 2.33 bits per heavy atom. The van der Waals surface area contributed by atoms with Crippen molar-refractivity contribution in [1.82, 2.24) is 15.1 Å². The fourth-order valence-corrected chi connectivity index (χ4v) is 2.97. The maximum atomic E-state index is 12.0. The van der Waals surface area contributed by atoms with E-state index in [2.05, 4.69) is 5.32 Å². The number of carbonyl (C=O) groups is 3. The number of carboxylic acid groups (broad SMARTS) is 1. The minimum Gasteiger partial charge on any atom is -0.481 e. The summed E-state index contributed by atoms with van der Waals surface area (Å²) in [4.78, 5) is 38.2. The Morgan fingerprint density at radius 2 is 1.76 bits per heavy atom. The van der Waals surface area contributed by atoms with E-state index in [-0.39, 0.29) is 30.9 Å². The first kappa shape index (κ1) is 15.6. The number of carbonyl (C=O) groups excluding carboxylic acids is 2. The van der Waals surface area contributed by atoms with Crippen molar-refractivity contribution >= 4 is 17.9 Å². The van der Waals surface area contributed by atoms with Crippen LogP contribution in [0.25, 0.3) is 0 Å². The van der Waals surface area contributed by atoms with Crippen LogP contribution in [0, 0.1) is 11.8 Å². The summed E-state index contributed by atoms with van der Waals surface area (Å²) >= 11 is 0. The van der Waals surface area contributed by atoms with Crippen LogP contribution in [-0.4, -0.2) is 65.5 Å². The average Bonchev–Trinajstić information content (AvgIpc) is 2.87. The SMILES string of the molecule is CC1CN(C(=O)NCC(=O)N2CCCCC2)CC1C(=O)O. The molecule has 2 aliphatic rings. The monoisotopic (exact) mass is 297 g/mol. The summed E-state index contributed by atoms with van der Waals surface area (Å²) < 4.78 is 0. The number of carboxylic acids is 1. The molecule has 0 spiro atoms. The average molecular weight is 297 g/mol. The van der Waals surface area contributed by atoms with E-state index in [0.717, 1.165) is 32.4 Å². The molecule has 0 aliphatic carbocycles. The molecular formula is C14H23N3O4. The molecular weight excluding hydrogens is 274 g/mol. The molecule has 2 atom stereocenters. The lowest BCUT2D eigenvalue weighted by Gasteiger charge is -2.27. The van der Waals surface area contributed by atoms with E-state index >= 15 is 0 Å². The number of urea groups is 1. The molecule has 2 unspecified atom stereocenters. The summed E-state index contributed by atoms with van der Waals surface area (Å²) in [6.07, 6.45) is 3.19. The van der Waals surface area contributed by atoms with Crippen molar-refractivity contribution in [3.8, 4) is 0 Å². The fourth-order valence-electron chi connectivity index (χ4n) is 2.97. The molecule has 2 heterocycles. The second-order valence-corrected chi connectivity index (χ2v) is 5.93. The van der Waals surface area contributed by atoms with Crippen molar-refractivity contribution in [3.63, 3.8) is 0 Å². The van der Waals surface area contributed by atoms with E-state index in [4.69, 9.17) is 5.11 Å². The number of piperidine rings is 1. The summed E-state index contributed by atoms with van der Waals surface area (Å²) in [5.74, 6) is -1.52. The summed E-state index contributed by atoms with van der Waals surface area (Å²) in [6, 6.07) is -0.351. The highest BCUT2D eigenvalue weighted by molar-refractivity contribution is 5.84. The summed E-state index contributed by atoms with van der Waals surface area (Å²) in [5, 5.41) is 11.7. The van der Waals surface area contributed by atoms with Crippen LogP contribution < -0.4 is 5.32 Å². The first-order valence-electron chi connectivity index (χ1n) is 7.52. The van der Waals surface area contributed by atoms with Crippen LogP contribution in [0.1, 0.15) is 26.2 Å². The molecule has 7 nitrogen and oxygen atoms in total. The highest BCUT2D eigenvalue weighted by atomic mass is 16.4. The molecule has 2 N–H and O–H groups in total. The van der Waals surface area contributed by atoms with E-state index in [1.54, 1.807) is 4.90 Å². The number of hydrogen-bond donors (Lipinski definition) is 2. The Labute approximate surface area is 124 Å².